The van der Waals surface area contributed by atoms with Crippen molar-refractivity contribution in [1.82, 2.24) is 9.97 Å². The van der Waals surface area contributed by atoms with Crippen molar-refractivity contribution in [2.75, 3.05) is 21.1 Å². The van der Waals surface area contributed by atoms with Gasteiger partial charge in [0.15, 0.2) is 0 Å². The predicted octanol–water partition coefficient (Wildman–Crippen LogP) is -0.129. The quantitative estimate of drug-likeness (QED) is 0.627. The summed E-state index contributed by atoms with van der Waals surface area (Å²) in [5.41, 5.74) is 0. The Morgan fingerprint density at radius 1 is 1.23 bits per heavy atom. The molecule has 6 heteroatoms. The van der Waals surface area contributed by atoms with Crippen molar-refractivity contribution in [2.24, 2.45) is 0 Å². The number of quaternary nitrogens is 1. The van der Waals surface area contributed by atoms with Gasteiger partial charge in [0.2, 0.25) is 5.03 Å². The highest BCUT2D eigenvalue weighted by molar-refractivity contribution is 7.85. The molecule has 0 aliphatic carbocycles. The standard InChI is InChI=1S/C7H12N3O2S/c1-10(2,3)13(11,12)7-6-8-4-5-9-7/h4-6H,1-3H3/q+1. The first-order valence-electron chi connectivity index (χ1n) is 3.68. The van der Waals surface area contributed by atoms with Crippen molar-refractivity contribution in [2.45, 2.75) is 5.03 Å². The normalized spacial score (nSPS) is 12.8. The van der Waals surface area contributed by atoms with E-state index in [-0.39, 0.29) is 8.91 Å². The molecular formula is C7H12N3O2S+. The van der Waals surface area contributed by atoms with Gasteiger partial charge in [-0.05, 0) is 0 Å². The van der Waals surface area contributed by atoms with Crippen LogP contribution in [0.4, 0.5) is 0 Å². The molecule has 5 nitrogen and oxygen atoms in total. The van der Waals surface area contributed by atoms with Gasteiger partial charge in [0.05, 0.1) is 27.3 Å². The van der Waals surface area contributed by atoms with Crippen molar-refractivity contribution in [3.63, 3.8) is 0 Å². The van der Waals surface area contributed by atoms with Crippen molar-refractivity contribution < 1.29 is 12.3 Å². The molecule has 0 aliphatic heterocycles. The number of hydrogen-bond donors (Lipinski definition) is 0. The molecule has 0 atom stereocenters. The van der Waals surface area contributed by atoms with Crippen LogP contribution in [0, 0.1) is 0 Å². The fourth-order valence-corrected chi connectivity index (χ4v) is 1.65. The Bertz CT molecular complexity index is 380. The van der Waals surface area contributed by atoms with Gasteiger partial charge in [-0.1, -0.05) is 0 Å². The molecule has 1 heterocycles. The van der Waals surface area contributed by atoms with E-state index in [1.807, 2.05) is 0 Å². The number of hydrogen-bond acceptors (Lipinski definition) is 4. The number of aromatic nitrogens is 2. The molecule has 1 aromatic rings. The van der Waals surface area contributed by atoms with Crippen LogP contribution in [0.3, 0.4) is 0 Å². The van der Waals surface area contributed by atoms with Gasteiger partial charge in [0.1, 0.15) is 0 Å². The van der Waals surface area contributed by atoms with E-state index < -0.39 is 10.0 Å². The van der Waals surface area contributed by atoms with Crippen LogP contribution in [-0.2, 0) is 10.0 Å². The van der Waals surface area contributed by atoms with E-state index in [0.717, 1.165) is 0 Å². The van der Waals surface area contributed by atoms with E-state index in [9.17, 15) is 8.42 Å². The summed E-state index contributed by atoms with van der Waals surface area (Å²) in [6.07, 6.45) is 4.05. The van der Waals surface area contributed by atoms with Crippen molar-refractivity contribution >= 4 is 10.0 Å². The van der Waals surface area contributed by atoms with E-state index in [1.54, 1.807) is 21.1 Å². The van der Waals surface area contributed by atoms with Gasteiger partial charge in [-0.3, -0.25) is 4.98 Å². The highest BCUT2D eigenvalue weighted by Crippen LogP contribution is 2.13. The maximum Gasteiger partial charge on any atom is 0.345 e. The van der Waals surface area contributed by atoms with Gasteiger partial charge >= 0.3 is 10.0 Å². The fraction of sp³-hybridized carbons (Fsp3) is 0.429. The maximum atomic E-state index is 11.7. The van der Waals surface area contributed by atoms with Crippen molar-refractivity contribution in [1.29, 1.82) is 0 Å². The van der Waals surface area contributed by atoms with Crippen LogP contribution in [0.25, 0.3) is 0 Å². The van der Waals surface area contributed by atoms with Gasteiger partial charge in [-0.15, -0.1) is 0 Å². The van der Waals surface area contributed by atoms with E-state index in [0.29, 0.717) is 0 Å². The average Bonchev–Trinajstić information content (AvgIpc) is 2.04. The second-order valence-corrected chi connectivity index (χ2v) is 5.87. The van der Waals surface area contributed by atoms with Crippen LogP contribution >= 0.6 is 0 Å². The third-order valence-electron chi connectivity index (χ3n) is 1.52. The monoisotopic (exact) mass is 202 g/mol. The van der Waals surface area contributed by atoms with Gasteiger partial charge < -0.3 is 0 Å². The molecule has 0 N–H and O–H groups in total. The van der Waals surface area contributed by atoms with Crippen LogP contribution in [0.5, 0.6) is 0 Å². The van der Waals surface area contributed by atoms with Gasteiger partial charge in [-0.2, -0.15) is 8.42 Å². The summed E-state index contributed by atoms with van der Waals surface area (Å²) >= 11 is 0. The van der Waals surface area contributed by atoms with Crippen LogP contribution in [0.2, 0.25) is 0 Å². The summed E-state index contributed by atoms with van der Waals surface area (Å²) in [5.74, 6) is 0. The molecular weight excluding hydrogens is 190 g/mol. The molecule has 0 aliphatic rings. The summed E-state index contributed by atoms with van der Waals surface area (Å²) in [7, 11) is 1.31. The molecule has 0 spiro atoms. The molecule has 0 radical (unpaired) electrons. The topological polar surface area (TPSA) is 59.9 Å². The minimum atomic E-state index is -3.41. The van der Waals surface area contributed by atoms with E-state index >= 15 is 0 Å². The lowest BCUT2D eigenvalue weighted by molar-refractivity contribution is -0.739. The van der Waals surface area contributed by atoms with Crippen molar-refractivity contribution in [3.05, 3.63) is 18.6 Å². The lowest BCUT2D eigenvalue weighted by Crippen LogP contribution is -2.41. The molecule has 0 saturated heterocycles. The Balaban J connectivity index is 3.26. The first-order valence-corrected chi connectivity index (χ1v) is 5.12. The molecule has 72 valence electrons. The smallest absolute Gasteiger partial charge is 0.260 e. The van der Waals surface area contributed by atoms with Crippen LogP contribution in [0.15, 0.2) is 23.6 Å². The lowest BCUT2D eigenvalue weighted by atomic mass is 10.8. The van der Waals surface area contributed by atoms with Gasteiger partial charge in [-0.25, -0.2) is 8.87 Å². The zero-order valence-corrected chi connectivity index (χ0v) is 8.61. The predicted molar refractivity (Wildman–Crippen MR) is 47.3 cm³/mol. The summed E-state index contributed by atoms with van der Waals surface area (Å²) in [5, 5.41) is 0.00231. The number of sulfonamides is 1. The Hall–Kier alpha value is -1.01. The molecule has 0 fully saturated rings. The van der Waals surface area contributed by atoms with Crippen LogP contribution < -0.4 is 0 Å². The van der Waals surface area contributed by atoms with Crippen LogP contribution in [-0.4, -0.2) is 43.4 Å². The molecule has 0 amide bonds. The summed E-state index contributed by atoms with van der Waals surface area (Å²) in [4.78, 5) is 7.46. The summed E-state index contributed by atoms with van der Waals surface area (Å²) in [6, 6.07) is 0. The maximum absolute atomic E-state index is 11.7. The third kappa shape index (κ3) is 1.84. The summed E-state index contributed by atoms with van der Waals surface area (Å²) in [6.45, 7) is 0. The van der Waals surface area contributed by atoms with E-state index in [4.69, 9.17) is 0 Å². The Labute approximate surface area is 77.7 Å². The lowest BCUT2D eigenvalue weighted by Gasteiger charge is -2.21. The van der Waals surface area contributed by atoms with E-state index in [1.165, 1.54) is 18.6 Å². The molecule has 0 saturated carbocycles. The second-order valence-electron chi connectivity index (χ2n) is 3.41. The first-order chi connectivity index (χ1) is 5.86. The molecule has 1 rings (SSSR count). The Morgan fingerprint density at radius 2 is 1.85 bits per heavy atom. The first kappa shape index (κ1) is 10.1. The highest BCUT2D eigenvalue weighted by atomic mass is 32.2. The number of rotatable bonds is 2. The average molecular weight is 202 g/mol. The minimum Gasteiger partial charge on any atom is -0.260 e. The van der Waals surface area contributed by atoms with Crippen molar-refractivity contribution in [3.8, 4) is 0 Å². The molecule has 0 bridgehead atoms. The molecule has 13 heavy (non-hydrogen) atoms. The van der Waals surface area contributed by atoms with Crippen LogP contribution in [0.1, 0.15) is 0 Å². The minimum absolute atomic E-state index is 0.00231. The second kappa shape index (κ2) is 3.04. The zero-order valence-electron chi connectivity index (χ0n) is 7.80. The Morgan fingerprint density at radius 3 is 2.23 bits per heavy atom. The number of nitrogens with zero attached hydrogens (tertiary/aromatic N) is 3. The zero-order chi connectivity index (χ0) is 10.1. The summed E-state index contributed by atoms with van der Waals surface area (Å²) < 4.78 is 23.3. The fourth-order valence-electron chi connectivity index (χ4n) is 0.699. The molecule has 0 unspecified atom stereocenters. The third-order valence-corrected chi connectivity index (χ3v) is 3.71. The van der Waals surface area contributed by atoms with Gasteiger partial charge in [0.25, 0.3) is 0 Å². The highest BCUT2D eigenvalue weighted by Gasteiger charge is 2.31. The van der Waals surface area contributed by atoms with E-state index in [2.05, 4.69) is 9.97 Å². The molecule has 1 aromatic heterocycles. The van der Waals surface area contributed by atoms with Gasteiger partial charge in [0, 0.05) is 12.4 Å². The SMILES string of the molecule is C[N+](C)(C)S(=O)(=O)c1cnccn1. The Kier molecular flexibility index (Phi) is 2.36. The largest absolute Gasteiger partial charge is 0.345 e. The molecule has 0 aromatic carbocycles.